The van der Waals surface area contributed by atoms with E-state index >= 15 is 0 Å². The summed E-state index contributed by atoms with van der Waals surface area (Å²) in [5.41, 5.74) is -0.344. The van der Waals surface area contributed by atoms with E-state index in [1.807, 2.05) is 0 Å². The van der Waals surface area contributed by atoms with Crippen LogP contribution in [0.15, 0.2) is 60.7 Å². The number of ether oxygens (including phenoxy) is 1. The molecule has 186 valence electrons. The molecule has 1 fully saturated rings. The molecule has 1 amide bonds. The van der Waals surface area contributed by atoms with Gasteiger partial charge in [0.25, 0.3) is 14.2 Å². The van der Waals surface area contributed by atoms with E-state index in [1.54, 1.807) is 7.05 Å². The van der Waals surface area contributed by atoms with Crippen molar-refractivity contribution in [2.45, 2.75) is 70.6 Å². The third-order valence-corrected chi connectivity index (χ3v) is 12.0. The van der Waals surface area contributed by atoms with Crippen LogP contribution in [-0.4, -0.2) is 51.8 Å². The highest BCUT2D eigenvalue weighted by molar-refractivity contribution is 6.99. The molecule has 1 aliphatic rings. The smallest absolute Gasteiger partial charge is 0.274 e. The van der Waals surface area contributed by atoms with Crippen LogP contribution in [0.5, 0.6) is 0 Å². The average Bonchev–Trinajstić information content (AvgIpc) is 3.20. The molecule has 0 bridgehead atoms. The Balaban J connectivity index is 1.79. The molecule has 1 saturated heterocycles. The summed E-state index contributed by atoms with van der Waals surface area (Å²) in [6.45, 7) is 11.9. The van der Waals surface area contributed by atoms with Gasteiger partial charge in [0.2, 0.25) is 0 Å². The van der Waals surface area contributed by atoms with Gasteiger partial charge >= 0.3 is 0 Å². The van der Waals surface area contributed by atoms with E-state index < -0.39 is 14.4 Å². The van der Waals surface area contributed by atoms with Gasteiger partial charge in [0.05, 0.1) is 12.7 Å². The number of amides is 1. The Labute approximate surface area is 206 Å². The normalized spacial score (nSPS) is 21.9. The van der Waals surface area contributed by atoms with Gasteiger partial charge in [-0.05, 0) is 47.5 Å². The maximum atomic E-state index is 12.5. The van der Waals surface area contributed by atoms with Crippen LogP contribution < -0.4 is 10.4 Å². The fraction of sp³-hybridized carbons (Fsp3) is 0.536. The van der Waals surface area contributed by atoms with Crippen molar-refractivity contribution < 1.29 is 18.8 Å². The van der Waals surface area contributed by atoms with Crippen molar-refractivity contribution in [3.8, 4) is 0 Å². The molecule has 0 saturated carbocycles. The molecule has 3 atom stereocenters. The van der Waals surface area contributed by atoms with Crippen molar-refractivity contribution >= 4 is 24.6 Å². The average molecular weight is 484 g/mol. The van der Waals surface area contributed by atoms with E-state index in [0.717, 1.165) is 12.8 Å². The molecular weight excluding hydrogens is 442 g/mol. The van der Waals surface area contributed by atoms with Crippen molar-refractivity contribution in [3.63, 3.8) is 0 Å². The number of likely N-dealkylation sites (N-methyl/N-ethyl adjacent to an activating group) is 1. The standard InChI is InChI=1S/C28H41NO4Si/c1-22(20-28(5)19-18-25(33-28)26(30)29(6)31-7)21-32-34(27(2,3)4,23-14-10-8-11-15-23)24-16-12-9-13-17-24/h8-17,22,25H,18-21H2,1-7H3/t22-,25-,28-/m1/s1. The highest BCUT2D eigenvalue weighted by Crippen LogP contribution is 2.39. The molecule has 5 nitrogen and oxygen atoms in total. The number of hydroxylamine groups is 2. The van der Waals surface area contributed by atoms with E-state index in [0.29, 0.717) is 13.0 Å². The Kier molecular flexibility index (Phi) is 8.40. The lowest BCUT2D eigenvalue weighted by atomic mass is 9.91. The van der Waals surface area contributed by atoms with Crippen LogP contribution >= 0.6 is 0 Å². The largest absolute Gasteiger partial charge is 0.407 e. The first kappa shape index (κ1) is 26.6. The molecule has 3 rings (SSSR count). The Morgan fingerprint density at radius 2 is 1.65 bits per heavy atom. The zero-order valence-electron chi connectivity index (χ0n) is 21.8. The number of hydrogen-bond acceptors (Lipinski definition) is 4. The fourth-order valence-electron chi connectivity index (χ4n) is 5.34. The topological polar surface area (TPSA) is 48.0 Å². The minimum absolute atomic E-state index is 0.0502. The van der Waals surface area contributed by atoms with Crippen molar-refractivity contribution in [2.75, 3.05) is 20.8 Å². The Bertz CT molecular complexity index is 891. The number of hydrogen-bond donors (Lipinski definition) is 0. The molecule has 0 aliphatic carbocycles. The minimum atomic E-state index is -2.56. The Hall–Kier alpha value is -1.99. The lowest BCUT2D eigenvalue weighted by molar-refractivity contribution is -0.183. The zero-order valence-corrected chi connectivity index (χ0v) is 22.8. The highest BCUT2D eigenvalue weighted by atomic mass is 28.4. The molecule has 6 heteroatoms. The van der Waals surface area contributed by atoms with Crippen molar-refractivity contribution in [1.29, 1.82) is 0 Å². The van der Waals surface area contributed by atoms with Crippen LogP contribution in [0.4, 0.5) is 0 Å². The van der Waals surface area contributed by atoms with Crippen LogP contribution in [-0.2, 0) is 18.8 Å². The summed E-state index contributed by atoms with van der Waals surface area (Å²) in [4.78, 5) is 17.5. The molecule has 2 aromatic rings. The molecule has 2 aromatic carbocycles. The molecule has 34 heavy (non-hydrogen) atoms. The Morgan fingerprint density at radius 1 is 1.12 bits per heavy atom. The van der Waals surface area contributed by atoms with Crippen LogP contribution in [0.25, 0.3) is 0 Å². The second-order valence-corrected chi connectivity index (χ2v) is 15.2. The molecule has 0 spiro atoms. The van der Waals surface area contributed by atoms with Gasteiger partial charge < -0.3 is 9.16 Å². The SMILES string of the molecule is CON(C)C(=O)[C@H]1CC[C@](C)(C[C@@H](C)CO[Si](c2ccccc2)(c2ccccc2)C(C)(C)C)O1. The van der Waals surface area contributed by atoms with Crippen LogP contribution in [0.2, 0.25) is 5.04 Å². The summed E-state index contributed by atoms with van der Waals surface area (Å²) < 4.78 is 13.4. The summed E-state index contributed by atoms with van der Waals surface area (Å²) in [5, 5.41) is 3.78. The lowest BCUT2D eigenvalue weighted by Gasteiger charge is -2.44. The number of rotatable bonds is 9. The van der Waals surface area contributed by atoms with E-state index in [-0.39, 0.29) is 22.5 Å². The van der Waals surface area contributed by atoms with Crippen LogP contribution in [0, 0.1) is 5.92 Å². The van der Waals surface area contributed by atoms with Gasteiger partial charge in [-0.25, -0.2) is 5.06 Å². The summed E-state index contributed by atoms with van der Waals surface area (Å²) >= 11 is 0. The second kappa shape index (κ2) is 10.7. The van der Waals surface area contributed by atoms with Crippen LogP contribution in [0.3, 0.4) is 0 Å². The van der Waals surface area contributed by atoms with Gasteiger partial charge in [-0.2, -0.15) is 0 Å². The van der Waals surface area contributed by atoms with E-state index in [1.165, 1.54) is 22.5 Å². The van der Waals surface area contributed by atoms with Gasteiger partial charge in [-0.15, -0.1) is 0 Å². The number of carbonyl (C=O) groups excluding carboxylic acids is 1. The summed E-state index contributed by atoms with van der Waals surface area (Å²) in [6.07, 6.45) is 1.96. The summed E-state index contributed by atoms with van der Waals surface area (Å²) in [6, 6.07) is 21.5. The molecule has 1 heterocycles. The van der Waals surface area contributed by atoms with Crippen LogP contribution in [0.1, 0.15) is 53.9 Å². The summed E-state index contributed by atoms with van der Waals surface area (Å²) in [7, 11) is 0.561. The number of carbonyl (C=O) groups is 1. The third kappa shape index (κ3) is 5.62. The minimum Gasteiger partial charge on any atom is -0.407 e. The lowest BCUT2D eigenvalue weighted by Crippen LogP contribution is -2.66. The second-order valence-electron chi connectivity index (χ2n) is 10.9. The number of benzene rings is 2. The molecular formula is C28H41NO4Si. The molecule has 0 aromatic heterocycles. The maximum Gasteiger partial charge on any atom is 0.274 e. The first-order valence-corrected chi connectivity index (χ1v) is 14.2. The fourth-order valence-corrected chi connectivity index (χ4v) is 10.0. The zero-order chi connectivity index (χ0) is 25.0. The van der Waals surface area contributed by atoms with Crippen molar-refractivity contribution in [1.82, 2.24) is 5.06 Å². The van der Waals surface area contributed by atoms with E-state index in [2.05, 4.69) is 95.3 Å². The van der Waals surface area contributed by atoms with E-state index in [4.69, 9.17) is 14.0 Å². The number of nitrogens with zero attached hydrogens (tertiary/aromatic N) is 1. The summed E-state index contributed by atoms with van der Waals surface area (Å²) in [5.74, 6) is 0.156. The van der Waals surface area contributed by atoms with E-state index in [9.17, 15) is 4.79 Å². The monoisotopic (exact) mass is 483 g/mol. The van der Waals surface area contributed by atoms with Gasteiger partial charge in [0, 0.05) is 13.7 Å². The molecule has 0 N–H and O–H groups in total. The van der Waals surface area contributed by atoms with Crippen molar-refractivity contribution in [2.24, 2.45) is 5.92 Å². The van der Waals surface area contributed by atoms with Gasteiger partial charge in [0.15, 0.2) is 0 Å². The highest BCUT2D eigenvalue weighted by Gasteiger charge is 2.50. The first-order chi connectivity index (χ1) is 16.0. The van der Waals surface area contributed by atoms with Crippen molar-refractivity contribution in [3.05, 3.63) is 60.7 Å². The quantitative estimate of drug-likeness (QED) is 0.388. The predicted molar refractivity (Wildman–Crippen MR) is 140 cm³/mol. The van der Waals surface area contributed by atoms with Gasteiger partial charge in [-0.1, -0.05) is 88.4 Å². The van der Waals surface area contributed by atoms with Gasteiger partial charge in [0.1, 0.15) is 6.10 Å². The van der Waals surface area contributed by atoms with Gasteiger partial charge in [-0.3, -0.25) is 9.63 Å². The third-order valence-electron chi connectivity index (χ3n) is 7.00. The molecule has 0 unspecified atom stereocenters. The Morgan fingerprint density at radius 3 is 2.12 bits per heavy atom. The maximum absolute atomic E-state index is 12.5. The first-order valence-electron chi connectivity index (χ1n) is 12.3. The molecule has 0 radical (unpaired) electrons. The predicted octanol–water partition coefficient (Wildman–Crippen LogP) is 4.55. The molecule has 1 aliphatic heterocycles.